The second kappa shape index (κ2) is 15.1. The van der Waals surface area contributed by atoms with Gasteiger partial charge in [0.15, 0.2) is 5.72 Å². The first kappa shape index (κ1) is 26.7. The van der Waals surface area contributed by atoms with Crippen LogP contribution in [-0.4, -0.2) is 23.9 Å². The Balaban J connectivity index is 1.45. The quantitative estimate of drug-likeness (QED) is 0.200. The fourth-order valence-corrected chi connectivity index (χ4v) is 4.96. The molecule has 1 heterocycles. The first-order valence-corrected chi connectivity index (χ1v) is 13.6. The van der Waals surface area contributed by atoms with E-state index in [2.05, 4.69) is 48.7 Å². The molecule has 2 N–H and O–H groups in total. The lowest BCUT2D eigenvalue weighted by Crippen LogP contribution is -2.44. The Kier molecular flexibility index (Phi) is 11.9. The van der Waals surface area contributed by atoms with Gasteiger partial charge in [-0.1, -0.05) is 144 Å². The highest BCUT2D eigenvalue weighted by atomic mass is 16.5. The Bertz CT molecular complexity index is 765. The number of ether oxygens (including phenoxy) is 1. The number of nitrogens with one attached hydrogen (secondary N) is 1. The Morgan fingerprint density at radius 1 is 0.765 bits per heavy atom. The molecule has 0 radical (unpaired) electrons. The van der Waals surface area contributed by atoms with Gasteiger partial charge in [0.25, 0.3) is 0 Å². The number of hydrogen-bond donors (Lipinski definition) is 2. The van der Waals surface area contributed by atoms with Crippen molar-refractivity contribution in [3.63, 3.8) is 0 Å². The zero-order valence-corrected chi connectivity index (χ0v) is 21.1. The van der Waals surface area contributed by atoms with Gasteiger partial charge in [0.05, 0.1) is 18.8 Å². The van der Waals surface area contributed by atoms with E-state index in [1.807, 2.05) is 36.4 Å². The molecule has 3 rings (SSSR count). The van der Waals surface area contributed by atoms with Gasteiger partial charge in [0.2, 0.25) is 0 Å². The van der Waals surface area contributed by atoms with Crippen LogP contribution < -0.4 is 5.32 Å². The summed E-state index contributed by atoms with van der Waals surface area (Å²) in [5, 5.41) is 13.7. The van der Waals surface area contributed by atoms with Gasteiger partial charge in [0, 0.05) is 11.1 Å². The molecule has 2 atom stereocenters. The van der Waals surface area contributed by atoms with E-state index in [4.69, 9.17) is 4.74 Å². The summed E-state index contributed by atoms with van der Waals surface area (Å²) in [5.74, 6) is 0. The lowest BCUT2D eigenvalue weighted by atomic mass is 9.94. The van der Waals surface area contributed by atoms with E-state index in [1.165, 1.54) is 70.6 Å². The number of allylic oxidation sites excluding steroid dienone is 1. The summed E-state index contributed by atoms with van der Waals surface area (Å²) in [6, 6.07) is 20.4. The van der Waals surface area contributed by atoms with Crippen molar-refractivity contribution in [1.82, 2.24) is 5.32 Å². The Hall–Kier alpha value is -1.94. The molecule has 186 valence electrons. The third kappa shape index (κ3) is 7.80. The van der Waals surface area contributed by atoms with E-state index >= 15 is 0 Å². The molecule has 0 bridgehead atoms. The average molecular weight is 464 g/mol. The van der Waals surface area contributed by atoms with E-state index in [9.17, 15) is 5.11 Å². The van der Waals surface area contributed by atoms with Gasteiger partial charge >= 0.3 is 0 Å². The van der Waals surface area contributed by atoms with Crippen molar-refractivity contribution in [3.8, 4) is 0 Å². The standard InChI is InChI=1S/C31H45NO2/c1-2-3-4-5-6-7-8-9-10-11-12-13-20-25-30-29(26-33)32-31(34-30,27-21-16-14-17-22-27)28-23-18-15-19-24-28/h14-25,29-30,32-33H,2-13,26H2,1H3/b25-20+/t29-,30-/m0/s1. The van der Waals surface area contributed by atoms with Gasteiger partial charge in [-0.3, -0.25) is 5.32 Å². The van der Waals surface area contributed by atoms with Gasteiger partial charge in [0.1, 0.15) is 0 Å². The summed E-state index contributed by atoms with van der Waals surface area (Å²) in [5.41, 5.74) is 1.36. The zero-order valence-electron chi connectivity index (χ0n) is 21.1. The van der Waals surface area contributed by atoms with Crippen molar-refractivity contribution >= 4 is 0 Å². The highest BCUT2D eigenvalue weighted by Gasteiger charge is 2.47. The average Bonchev–Trinajstić information content (AvgIpc) is 3.28. The Morgan fingerprint density at radius 2 is 1.26 bits per heavy atom. The van der Waals surface area contributed by atoms with Crippen LogP contribution in [0.25, 0.3) is 0 Å². The van der Waals surface area contributed by atoms with Gasteiger partial charge < -0.3 is 9.84 Å². The molecule has 3 nitrogen and oxygen atoms in total. The molecule has 0 amide bonds. The van der Waals surface area contributed by atoms with Crippen LogP contribution in [-0.2, 0) is 10.5 Å². The van der Waals surface area contributed by atoms with Gasteiger partial charge in [-0.2, -0.15) is 0 Å². The maximum atomic E-state index is 10.1. The van der Waals surface area contributed by atoms with Crippen LogP contribution in [0.1, 0.15) is 95.1 Å². The van der Waals surface area contributed by atoms with Crippen LogP contribution in [0.3, 0.4) is 0 Å². The number of rotatable bonds is 16. The number of benzene rings is 2. The van der Waals surface area contributed by atoms with Crippen molar-refractivity contribution in [2.24, 2.45) is 0 Å². The monoisotopic (exact) mass is 463 g/mol. The molecule has 1 aliphatic rings. The summed E-state index contributed by atoms with van der Waals surface area (Å²) < 4.78 is 6.67. The maximum absolute atomic E-state index is 10.1. The Labute approximate surface area is 207 Å². The molecule has 0 saturated carbocycles. The van der Waals surface area contributed by atoms with Crippen molar-refractivity contribution in [2.45, 2.75) is 102 Å². The molecule has 34 heavy (non-hydrogen) atoms. The summed E-state index contributed by atoms with van der Waals surface area (Å²) in [4.78, 5) is 0. The number of aliphatic hydroxyl groups excluding tert-OH is 1. The predicted octanol–water partition coefficient (Wildman–Crippen LogP) is 7.49. The largest absolute Gasteiger partial charge is 0.395 e. The molecule has 0 aromatic heterocycles. The summed E-state index contributed by atoms with van der Waals surface area (Å²) in [6.45, 7) is 2.31. The van der Waals surface area contributed by atoms with Gasteiger partial charge in [-0.25, -0.2) is 0 Å². The molecule has 3 heteroatoms. The van der Waals surface area contributed by atoms with Crippen molar-refractivity contribution < 1.29 is 9.84 Å². The van der Waals surface area contributed by atoms with E-state index in [-0.39, 0.29) is 18.8 Å². The molecule has 2 aromatic carbocycles. The highest BCUT2D eigenvalue weighted by Crippen LogP contribution is 2.38. The molecular formula is C31H45NO2. The molecule has 1 saturated heterocycles. The van der Waals surface area contributed by atoms with Crippen LogP contribution in [0.2, 0.25) is 0 Å². The molecule has 0 spiro atoms. The fourth-order valence-electron chi connectivity index (χ4n) is 4.96. The van der Waals surface area contributed by atoms with Crippen molar-refractivity contribution in [1.29, 1.82) is 0 Å². The maximum Gasteiger partial charge on any atom is 0.172 e. The number of aliphatic hydroxyl groups is 1. The van der Waals surface area contributed by atoms with E-state index in [0.717, 1.165) is 17.5 Å². The van der Waals surface area contributed by atoms with Gasteiger partial charge in [-0.15, -0.1) is 0 Å². The number of unbranched alkanes of at least 4 members (excludes halogenated alkanes) is 11. The lowest BCUT2D eigenvalue weighted by Gasteiger charge is -2.30. The normalized spacial score (nSPS) is 19.7. The van der Waals surface area contributed by atoms with Crippen LogP contribution in [0, 0.1) is 0 Å². The minimum atomic E-state index is -0.749. The van der Waals surface area contributed by atoms with Crippen LogP contribution >= 0.6 is 0 Å². The minimum absolute atomic E-state index is 0.0366. The van der Waals surface area contributed by atoms with Crippen LogP contribution in [0.15, 0.2) is 72.8 Å². The van der Waals surface area contributed by atoms with E-state index < -0.39 is 5.72 Å². The third-order valence-electron chi connectivity index (χ3n) is 6.96. The van der Waals surface area contributed by atoms with Crippen LogP contribution in [0.5, 0.6) is 0 Å². The molecule has 2 aromatic rings. The molecule has 1 aliphatic heterocycles. The second-order valence-corrected chi connectivity index (χ2v) is 9.68. The Morgan fingerprint density at radius 3 is 1.76 bits per heavy atom. The van der Waals surface area contributed by atoms with Crippen molar-refractivity contribution in [2.75, 3.05) is 6.61 Å². The third-order valence-corrected chi connectivity index (χ3v) is 6.96. The van der Waals surface area contributed by atoms with Crippen LogP contribution in [0.4, 0.5) is 0 Å². The topological polar surface area (TPSA) is 41.5 Å². The molecule has 0 unspecified atom stereocenters. The zero-order chi connectivity index (χ0) is 23.9. The van der Waals surface area contributed by atoms with E-state index in [1.54, 1.807) is 0 Å². The fraction of sp³-hybridized carbons (Fsp3) is 0.548. The predicted molar refractivity (Wildman–Crippen MR) is 143 cm³/mol. The summed E-state index contributed by atoms with van der Waals surface area (Å²) in [6.07, 6.45) is 20.3. The first-order chi connectivity index (χ1) is 16.8. The molecule has 1 fully saturated rings. The van der Waals surface area contributed by atoms with Crippen molar-refractivity contribution in [3.05, 3.63) is 83.9 Å². The second-order valence-electron chi connectivity index (χ2n) is 9.68. The first-order valence-electron chi connectivity index (χ1n) is 13.6. The lowest BCUT2D eigenvalue weighted by molar-refractivity contribution is -0.00812. The molecule has 0 aliphatic carbocycles. The minimum Gasteiger partial charge on any atom is -0.395 e. The summed E-state index contributed by atoms with van der Waals surface area (Å²) >= 11 is 0. The number of hydrogen-bond acceptors (Lipinski definition) is 3. The van der Waals surface area contributed by atoms with Gasteiger partial charge in [-0.05, 0) is 12.8 Å². The molecular weight excluding hydrogens is 418 g/mol. The summed E-state index contributed by atoms with van der Waals surface area (Å²) in [7, 11) is 0. The SMILES string of the molecule is CCCCCCCCCCCCC/C=C/[C@@H]1OC(c2ccccc2)(c2ccccc2)N[C@H]1CO. The van der Waals surface area contributed by atoms with E-state index in [0.29, 0.717) is 0 Å². The highest BCUT2D eigenvalue weighted by molar-refractivity contribution is 5.37. The smallest absolute Gasteiger partial charge is 0.172 e.